The average molecular weight is 238 g/mol. The second-order valence-electron chi connectivity index (χ2n) is 4.43. The van der Waals surface area contributed by atoms with Gasteiger partial charge >= 0.3 is 0 Å². The molecule has 0 unspecified atom stereocenters. The Morgan fingerprint density at radius 3 is 2.72 bits per heavy atom. The van der Waals surface area contributed by atoms with Crippen molar-refractivity contribution in [2.24, 2.45) is 0 Å². The lowest BCUT2D eigenvalue weighted by Crippen LogP contribution is -2.03. The van der Waals surface area contributed by atoms with Crippen LogP contribution in [0.2, 0.25) is 0 Å². The molecule has 0 aliphatic rings. The fraction of sp³-hybridized carbons (Fsp3) is 0.143. The van der Waals surface area contributed by atoms with Gasteiger partial charge in [0.05, 0.1) is 17.1 Å². The fourth-order valence-electron chi connectivity index (χ4n) is 2.24. The zero-order chi connectivity index (χ0) is 12.7. The molecule has 0 amide bonds. The Balaban J connectivity index is 2.30. The van der Waals surface area contributed by atoms with Crippen molar-refractivity contribution in [2.75, 3.05) is 5.73 Å². The molecular formula is C14H14N4. The SMILES string of the molecule is Cc1cc(C)n(-c2ccc3cnccc3c2N)n1. The molecule has 0 aliphatic carbocycles. The molecule has 90 valence electrons. The molecule has 3 rings (SSSR count). The van der Waals surface area contributed by atoms with Crippen molar-refractivity contribution >= 4 is 16.5 Å². The Morgan fingerprint density at radius 2 is 2.00 bits per heavy atom. The van der Waals surface area contributed by atoms with Crippen molar-refractivity contribution in [3.8, 4) is 5.69 Å². The van der Waals surface area contributed by atoms with Crippen LogP contribution in [-0.4, -0.2) is 14.8 Å². The molecule has 4 heteroatoms. The summed E-state index contributed by atoms with van der Waals surface area (Å²) >= 11 is 0. The molecule has 0 saturated carbocycles. The van der Waals surface area contributed by atoms with E-state index in [0.717, 1.165) is 33.5 Å². The van der Waals surface area contributed by atoms with E-state index >= 15 is 0 Å². The molecule has 0 aliphatic heterocycles. The predicted molar refractivity (Wildman–Crippen MR) is 72.8 cm³/mol. The topological polar surface area (TPSA) is 56.7 Å². The summed E-state index contributed by atoms with van der Waals surface area (Å²) in [6.07, 6.45) is 3.57. The van der Waals surface area contributed by atoms with Crippen molar-refractivity contribution in [3.63, 3.8) is 0 Å². The lowest BCUT2D eigenvalue weighted by Gasteiger charge is -2.10. The molecule has 2 heterocycles. The Morgan fingerprint density at radius 1 is 1.17 bits per heavy atom. The Labute approximate surface area is 105 Å². The highest BCUT2D eigenvalue weighted by Gasteiger charge is 2.09. The van der Waals surface area contributed by atoms with Gasteiger partial charge in [0.15, 0.2) is 0 Å². The summed E-state index contributed by atoms with van der Waals surface area (Å²) < 4.78 is 1.88. The van der Waals surface area contributed by atoms with Crippen molar-refractivity contribution in [2.45, 2.75) is 13.8 Å². The van der Waals surface area contributed by atoms with Crippen molar-refractivity contribution in [3.05, 3.63) is 48.0 Å². The van der Waals surface area contributed by atoms with Crippen molar-refractivity contribution < 1.29 is 0 Å². The lowest BCUT2D eigenvalue weighted by molar-refractivity contribution is 0.837. The zero-order valence-electron chi connectivity index (χ0n) is 10.4. The number of rotatable bonds is 1. The van der Waals surface area contributed by atoms with E-state index in [1.54, 1.807) is 6.20 Å². The van der Waals surface area contributed by atoms with Gasteiger partial charge in [0.25, 0.3) is 0 Å². The first-order chi connectivity index (χ1) is 8.66. The van der Waals surface area contributed by atoms with Gasteiger partial charge in [-0.15, -0.1) is 0 Å². The summed E-state index contributed by atoms with van der Waals surface area (Å²) in [5.41, 5.74) is 9.96. The zero-order valence-corrected chi connectivity index (χ0v) is 10.4. The van der Waals surface area contributed by atoms with Gasteiger partial charge in [-0.3, -0.25) is 4.98 Å². The molecule has 0 atom stereocenters. The molecule has 2 N–H and O–H groups in total. The number of pyridine rings is 1. The number of aryl methyl sites for hydroxylation is 2. The first kappa shape index (κ1) is 10.8. The third-order valence-electron chi connectivity index (χ3n) is 3.08. The van der Waals surface area contributed by atoms with Crippen molar-refractivity contribution in [1.29, 1.82) is 0 Å². The average Bonchev–Trinajstić information content (AvgIpc) is 2.69. The molecule has 3 aromatic rings. The molecule has 0 saturated heterocycles. The van der Waals surface area contributed by atoms with E-state index in [9.17, 15) is 0 Å². The Bertz CT molecular complexity index is 728. The van der Waals surface area contributed by atoms with Crippen LogP contribution in [0.15, 0.2) is 36.7 Å². The van der Waals surface area contributed by atoms with E-state index in [1.807, 2.05) is 49.0 Å². The van der Waals surface area contributed by atoms with Gasteiger partial charge in [0, 0.05) is 28.9 Å². The Kier molecular flexibility index (Phi) is 2.30. The summed E-state index contributed by atoms with van der Waals surface area (Å²) in [5.74, 6) is 0. The molecule has 1 aromatic carbocycles. The highest BCUT2D eigenvalue weighted by molar-refractivity contribution is 5.96. The number of nitrogens with zero attached hydrogens (tertiary/aromatic N) is 3. The molecule has 0 radical (unpaired) electrons. The van der Waals surface area contributed by atoms with Gasteiger partial charge < -0.3 is 5.73 Å². The van der Waals surface area contributed by atoms with E-state index in [0.29, 0.717) is 0 Å². The molecule has 2 aromatic heterocycles. The smallest absolute Gasteiger partial charge is 0.0884 e. The second-order valence-corrected chi connectivity index (χ2v) is 4.43. The quantitative estimate of drug-likeness (QED) is 0.663. The highest BCUT2D eigenvalue weighted by Crippen LogP contribution is 2.27. The third kappa shape index (κ3) is 1.54. The van der Waals surface area contributed by atoms with Crippen LogP contribution in [0.1, 0.15) is 11.4 Å². The summed E-state index contributed by atoms with van der Waals surface area (Å²) in [5, 5.41) is 6.52. The molecule has 0 spiro atoms. The second kappa shape index (κ2) is 3.84. The van der Waals surface area contributed by atoms with Crippen LogP contribution in [0.5, 0.6) is 0 Å². The first-order valence-electron chi connectivity index (χ1n) is 5.82. The third-order valence-corrected chi connectivity index (χ3v) is 3.08. The molecule has 18 heavy (non-hydrogen) atoms. The fourth-order valence-corrected chi connectivity index (χ4v) is 2.24. The minimum absolute atomic E-state index is 0.737. The number of nitrogen functional groups attached to an aromatic ring is 1. The molecule has 4 nitrogen and oxygen atoms in total. The number of benzene rings is 1. The van der Waals surface area contributed by atoms with E-state index in [1.165, 1.54) is 0 Å². The maximum Gasteiger partial charge on any atom is 0.0884 e. The summed E-state index contributed by atoms with van der Waals surface area (Å²) in [7, 11) is 0. The number of nitrogens with two attached hydrogens (primary N) is 1. The monoisotopic (exact) mass is 238 g/mol. The highest BCUT2D eigenvalue weighted by atomic mass is 15.3. The van der Waals surface area contributed by atoms with Crippen LogP contribution in [-0.2, 0) is 0 Å². The van der Waals surface area contributed by atoms with E-state index in [-0.39, 0.29) is 0 Å². The van der Waals surface area contributed by atoms with Gasteiger partial charge in [0.2, 0.25) is 0 Å². The normalized spacial score (nSPS) is 11.0. The minimum atomic E-state index is 0.737. The van der Waals surface area contributed by atoms with Gasteiger partial charge in [-0.1, -0.05) is 6.07 Å². The van der Waals surface area contributed by atoms with Gasteiger partial charge in [0.1, 0.15) is 0 Å². The van der Waals surface area contributed by atoms with Crippen LogP contribution in [0.25, 0.3) is 16.5 Å². The van der Waals surface area contributed by atoms with Gasteiger partial charge in [-0.2, -0.15) is 5.10 Å². The predicted octanol–water partition coefficient (Wildman–Crippen LogP) is 2.62. The van der Waals surface area contributed by atoms with Crippen LogP contribution < -0.4 is 5.73 Å². The number of anilines is 1. The number of hydrogen-bond donors (Lipinski definition) is 1. The standard InChI is InChI=1S/C14H14N4/c1-9-7-10(2)18(17-9)13-4-3-11-8-16-6-5-12(11)14(13)15/h3-8H,15H2,1-2H3. The van der Waals surface area contributed by atoms with E-state index < -0.39 is 0 Å². The maximum atomic E-state index is 6.24. The van der Waals surface area contributed by atoms with E-state index in [2.05, 4.69) is 10.1 Å². The largest absolute Gasteiger partial charge is 0.396 e. The summed E-state index contributed by atoms with van der Waals surface area (Å²) in [6, 6.07) is 7.97. The van der Waals surface area contributed by atoms with Gasteiger partial charge in [-0.25, -0.2) is 4.68 Å². The minimum Gasteiger partial charge on any atom is -0.396 e. The van der Waals surface area contributed by atoms with Gasteiger partial charge in [-0.05, 0) is 32.0 Å². The Hall–Kier alpha value is -2.36. The molecule has 0 fully saturated rings. The van der Waals surface area contributed by atoms with Crippen molar-refractivity contribution in [1.82, 2.24) is 14.8 Å². The van der Waals surface area contributed by atoms with Crippen LogP contribution in [0, 0.1) is 13.8 Å². The lowest BCUT2D eigenvalue weighted by atomic mass is 10.1. The van der Waals surface area contributed by atoms with Crippen LogP contribution >= 0.6 is 0 Å². The maximum absolute atomic E-state index is 6.24. The van der Waals surface area contributed by atoms with Crippen LogP contribution in [0.4, 0.5) is 5.69 Å². The van der Waals surface area contributed by atoms with Crippen LogP contribution in [0.3, 0.4) is 0 Å². The first-order valence-corrected chi connectivity index (χ1v) is 5.82. The molecule has 0 bridgehead atoms. The number of aromatic nitrogens is 3. The van der Waals surface area contributed by atoms with E-state index in [4.69, 9.17) is 5.73 Å². The molecular weight excluding hydrogens is 224 g/mol. The summed E-state index contributed by atoms with van der Waals surface area (Å²) in [6.45, 7) is 4.00. The summed E-state index contributed by atoms with van der Waals surface area (Å²) in [4.78, 5) is 4.10. The number of fused-ring (bicyclic) bond motifs is 1. The number of hydrogen-bond acceptors (Lipinski definition) is 3.